The number of benzene rings is 2. The van der Waals surface area contributed by atoms with Gasteiger partial charge in [-0.3, -0.25) is 19.2 Å². The molecule has 0 radical (unpaired) electrons. The molecular weight excluding hydrogens is 539 g/mol. The number of amides is 2. The second-order valence-corrected chi connectivity index (χ2v) is 11.8. The van der Waals surface area contributed by atoms with Crippen LogP contribution in [-0.2, 0) is 20.1 Å². The number of aromatic nitrogens is 2. The van der Waals surface area contributed by atoms with Crippen molar-refractivity contribution in [3.63, 3.8) is 0 Å². The Labute approximate surface area is 243 Å². The minimum atomic E-state index is -0.483. The first-order valence-corrected chi connectivity index (χ1v) is 14.1. The number of carbonyl (C=O) groups excluding carboxylic acids is 2. The van der Waals surface area contributed by atoms with Crippen LogP contribution >= 0.6 is 12.0 Å². The molecule has 41 heavy (non-hydrogen) atoms. The maximum absolute atomic E-state index is 12.4. The molecule has 7 rings (SSSR count). The summed E-state index contributed by atoms with van der Waals surface area (Å²) in [6.07, 6.45) is 9.67. The van der Waals surface area contributed by atoms with Gasteiger partial charge in [-0.15, -0.1) is 0 Å². The van der Waals surface area contributed by atoms with Gasteiger partial charge in [-0.2, -0.15) is 5.10 Å². The van der Waals surface area contributed by atoms with E-state index in [1.54, 1.807) is 35.1 Å². The number of oxime groups is 1. The van der Waals surface area contributed by atoms with E-state index in [0.717, 1.165) is 21.6 Å². The highest BCUT2D eigenvalue weighted by Crippen LogP contribution is 2.36. The Bertz CT molecular complexity index is 1570. The van der Waals surface area contributed by atoms with Crippen LogP contribution in [0.1, 0.15) is 59.5 Å². The van der Waals surface area contributed by atoms with Gasteiger partial charge < -0.3 is 13.6 Å². The topological polar surface area (TPSA) is 95.3 Å². The highest BCUT2D eigenvalue weighted by Gasteiger charge is 2.52. The average molecular weight is 568 g/mol. The SMILES string of the molecule is C1=Cc2ccccc2C2=NOSC2=C1.CC1(C)OB(c2cnn(CCN3C(=O)c4ccccc4C3=O)c2)OC1(C)C. The molecule has 0 bridgehead atoms. The molecule has 1 aliphatic carbocycles. The minimum absolute atomic E-state index is 0.256. The predicted octanol–water partition coefficient (Wildman–Crippen LogP) is 4.46. The number of imide groups is 1. The van der Waals surface area contributed by atoms with E-state index in [4.69, 9.17) is 13.6 Å². The first-order valence-electron chi connectivity index (χ1n) is 13.4. The maximum Gasteiger partial charge on any atom is 0.498 e. The number of rotatable bonds is 4. The standard InChI is InChI=1S/C19H22BN3O4.C11H7NOS/c1-18(2)19(3,4)27-20(26-18)13-11-21-22(12-13)9-10-23-16(24)14-7-5-6-8-15(14)17(23)25;1-2-6-9-8(4-1)5-3-7-10-11(9)12-13-14-10/h5-8,11-12H,9-10H2,1-4H3;1-7H. The van der Waals surface area contributed by atoms with Crippen LogP contribution in [0.25, 0.3) is 6.08 Å². The third-order valence-electron chi connectivity index (χ3n) is 7.84. The summed E-state index contributed by atoms with van der Waals surface area (Å²) in [7, 11) is -0.483. The Hall–Kier alpha value is -3.93. The van der Waals surface area contributed by atoms with Crippen molar-refractivity contribution in [2.24, 2.45) is 5.16 Å². The van der Waals surface area contributed by atoms with Gasteiger partial charge in [-0.25, -0.2) is 0 Å². The van der Waals surface area contributed by atoms with Gasteiger partial charge in [-0.05, 0) is 51.5 Å². The lowest BCUT2D eigenvalue weighted by atomic mass is 9.82. The maximum atomic E-state index is 12.4. The number of hydrogen-bond donors (Lipinski definition) is 0. The van der Waals surface area contributed by atoms with Crippen molar-refractivity contribution in [1.82, 2.24) is 14.7 Å². The van der Waals surface area contributed by atoms with Gasteiger partial charge in [0, 0.05) is 30.0 Å². The molecule has 4 heterocycles. The molecule has 0 N–H and O–H groups in total. The van der Waals surface area contributed by atoms with Gasteiger partial charge in [-0.1, -0.05) is 53.7 Å². The third kappa shape index (κ3) is 5.05. The van der Waals surface area contributed by atoms with Crippen molar-refractivity contribution in [3.05, 3.63) is 100 Å². The molecule has 3 aliphatic heterocycles. The summed E-state index contributed by atoms with van der Waals surface area (Å²) in [6, 6.07) is 15.1. The van der Waals surface area contributed by atoms with Crippen LogP contribution in [0.4, 0.5) is 0 Å². The van der Waals surface area contributed by atoms with E-state index in [1.165, 1.54) is 22.5 Å². The lowest BCUT2D eigenvalue weighted by Crippen LogP contribution is -2.41. The van der Waals surface area contributed by atoms with Gasteiger partial charge in [0.1, 0.15) is 17.8 Å². The molecule has 11 heteroatoms. The van der Waals surface area contributed by atoms with Gasteiger partial charge in [0.05, 0.1) is 33.8 Å². The Morgan fingerprint density at radius 2 is 1.51 bits per heavy atom. The fraction of sp³-hybridized carbons (Fsp3) is 0.267. The molecule has 0 unspecified atom stereocenters. The van der Waals surface area contributed by atoms with Crippen LogP contribution in [0.3, 0.4) is 0 Å². The van der Waals surface area contributed by atoms with E-state index in [-0.39, 0.29) is 18.4 Å². The highest BCUT2D eigenvalue weighted by molar-refractivity contribution is 7.99. The van der Waals surface area contributed by atoms with Gasteiger partial charge in [0.2, 0.25) is 0 Å². The van der Waals surface area contributed by atoms with Gasteiger partial charge >= 0.3 is 7.12 Å². The lowest BCUT2D eigenvalue weighted by Gasteiger charge is -2.32. The summed E-state index contributed by atoms with van der Waals surface area (Å²) in [5, 5.41) is 8.35. The quantitative estimate of drug-likeness (QED) is 0.261. The Kier molecular flexibility index (Phi) is 6.97. The molecule has 2 amide bonds. The van der Waals surface area contributed by atoms with Crippen LogP contribution < -0.4 is 5.46 Å². The molecule has 208 valence electrons. The molecule has 1 aromatic heterocycles. The van der Waals surface area contributed by atoms with Crippen molar-refractivity contribution in [3.8, 4) is 0 Å². The van der Waals surface area contributed by atoms with Crippen molar-refractivity contribution < 1.29 is 23.2 Å². The zero-order chi connectivity index (χ0) is 28.8. The van der Waals surface area contributed by atoms with Crippen molar-refractivity contribution in [2.75, 3.05) is 6.54 Å². The van der Waals surface area contributed by atoms with Crippen LogP contribution in [-0.4, -0.2) is 57.1 Å². The number of carbonyl (C=O) groups is 2. The number of fused-ring (bicyclic) bond motifs is 4. The van der Waals surface area contributed by atoms with Crippen LogP contribution in [0.15, 0.2) is 83.1 Å². The summed E-state index contributed by atoms with van der Waals surface area (Å²) in [4.78, 5) is 27.2. The van der Waals surface area contributed by atoms with E-state index >= 15 is 0 Å². The second kappa shape index (κ2) is 10.5. The molecular formula is C30H29BN4O5S. The molecule has 0 atom stereocenters. The molecule has 9 nitrogen and oxygen atoms in total. The van der Waals surface area contributed by atoms with Crippen molar-refractivity contribution >= 4 is 48.2 Å². The minimum Gasteiger partial charge on any atom is -0.399 e. The first kappa shape index (κ1) is 27.3. The van der Waals surface area contributed by atoms with Crippen LogP contribution in [0, 0.1) is 0 Å². The fourth-order valence-electron chi connectivity index (χ4n) is 4.81. The highest BCUT2D eigenvalue weighted by atomic mass is 32.2. The molecule has 2 aromatic carbocycles. The average Bonchev–Trinajstić information content (AvgIpc) is 3.69. The number of allylic oxidation sites excluding steroid dienone is 3. The predicted molar refractivity (Wildman–Crippen MR) is 159 cm³/mol. The summed E-state index contributed by atoms with van der Waals surface area (Å²) < 4.78 is 18.8. The Morgan fingerprint density at radius 1 is 0.878 bits per heavy atom. The van der Waals surface area contributed by atoms with E-state index in [1.807, 2.05) is 58.2 Å². The fourth-order valence-corrected chi connectivity index (χ4v) is 5.37. The largest absolute Gasteiger partial charge is 0.498 e. The number of nitrogens with zero attached hydrogens (tertiary/aromatic N) is 4. The Morgan fingerprint density at radius 3 is 2.20 bits per heavy atom. The molecule has 0 spiro atoms. The smallest absolute Gasteiger partial charge is 0.399 e. The number of hydrogen-bond acceptors (Lipinski definition) is 8. The van der Waals surface area contributed by atoms with Crippen molar-refractivity contribution in [2.45, 2.75) is 45.4 Å². The lowest BCUT2D eigenvalue weighted by molar-refractivity contribution is 0.00578. The molecule has 3 aromatic rings. The van der Waals surface area contributed by atoms with E-state index < -0.39 is 18.3 Å². The zero-order valence-corrected chi connectivity index (χ0v) is 24.1. The molecule has 1 saturated heterocycles. The second-order valence-electron chi connectivity index (χ2n) is 11.0. The first-order chi connectivity index (χ1) is 19.6. The van der Waals surface area contributed by atoms with Gasteiger partial charge in [0.15, 0.2) is 0 Å². The molecule has 0 saturated carbocycles. The summed E-state index contributed by atoms with van der Waals surface area (Å²) in [5.41, 5.74) is 4.16. The van der Waals surface area contributed by atoms with E-state index in [9.17, 15) is 9.59 Å². The zero-order valence-electron chi connectivity index (χ0n) is 23.2. The Balaban J connectivity index is 0.000000180. The van der Waals surface area contributed by atoms with E-state index in [2.05, 4.69) is 28.5 Å². The van der Waals surface area contributed by atoms with Crippen molar-refractivity contribution in [1.29, 1.82) is 0 Å². The summed E-state index contributed by atoms with van der Waals surface area (Å²) >= 11 is 1.31. The normalized spacial score (nSPS) is 19.4. The molecule has 1 fully saturated rings. The van der Waals surface area contributed by atoms with Crippen LogP contribution in [0.2, 0.25) is 0 Å². The van der Waals surface area contributed by atoms with Gasteiger partial charge in [0.25, 0.3) is 11.8 Å². The van der Waals surface area contributed by atoms with E-state index in [0.29, 0.717) is 17.7 Å². The monoisotopic (exact) mass is 568 g/mol. The van der Waals surface area contributed by atoms with Crippen LogP contribution in [0.5, 0.6) is 0 Å². The third-order valence-corrected chi connectivity index (χ3v) is 8.50. The summed E-state index contributed by atoms with van der Waals surface area (Å²) in [6.45, 7) is 8.67. The summed E-state index contributed by atoms with van der Waals surface area (Å²) in [5.74, 6) is -0.511. The molecule has 4 aliphatic rings.